The molecule has 0 radical (unpaired) electrons. The van der Waals surface area contributed by atoms with Crippen molar-refractivity contribution < 1.29 is 4.39 Å². The van der Waals surface area contributed by atoms with E-state index in [2.05, 4.69) is 20.8 Å². The number of halogens is 2. The second-order valence-electron chi connectivity index (χ2n) is 6.88. The molecule has 2 N–H and O–H groups in total. The van der Waals surface area contributed by atoms with Gasteiger partial charge < -0.3 is 5.73 Å². The zero-order chi connectivity index (χ0) is 14.9. The predicted molar refractivity (Wildman–Crippen MR) is 83.4 cm³/mol. The van der Waals surface area contributed by atoms with Gasteiger partial charge in [-0.15, -0.1) is 0 Å². The van der Waals surface area contributed by atoms with E-state index < -0.39 is 0 Å². The second kappa shape index (κ2) is 6.03. The molecule has 1 fully saturated rings. The van der Waals surface area contributed by atoms with E-state index in [9.17, 15) is 4.39 Å². The van der Waals surface area contributed by atoms with Gasteiger partial charge in [0.05, 0.1) is 0 Å². The van der Waals surface area contributed by atoms with E-state index in [1.807, 2.05) is 0 Å². The first-order chi connectivity index (χ1) is 9.32. The van der Waals surface area contributed by atoms with Crippen LogP contribution in [-0.2, 0) is 6.42 Å². The summed E-state index contributed by atoms with van der Waals surface area (Å²) in [5.41, 5.74) is 7.33. The molecule has 20 heavy (non-hydrogen) atoms. The highest BCUT2D eigenvalue weighted by molar-refractivity contribution is 6.31. The molecule has 2 rings (SSSR count). The van der Waals surface area contributed by atoms with Crippen molar-refractivity contribution in [2.75, 3.05) is 0 Å². The van der Waals surface area contributed by atoms with Crippen LogP contribution in [0.1, 0.15) is 45.6 Å². The Morgan fingerprint density at radius 3 is 2.75 bits per heavy atom. The topological polar surface area (TPSA) is 26.0 Å². The monoisotopic (exact) mass is 297 g/mol. The molecule has 1 aliphatic carbocycles. The van der Waals surface area contributed by atoms with Gasteiger partial charge in [0.15, 0.2) is 0 Å². The SMILES string of the molecule is CC1CCC(C(C)C)C(N)(Cc2cc(F)ccc2Cl)C1. The van der Waals surface area contributed by atoms with Crippen LogP contribution < -0.4 is 5.73 Å². The van der Waals surface area contributed by atoms with Gasteiger partial charge in [-0.3, -0.25) is 0 Å². The third kappa shape index (κ3) is 3.35. The lowest BCUT2D eigenvalue weighted by Gasteiger charge is -2.46. The summed E-state index contributed by atoms with van der Waals surface area (Å²) in [6, 6.07) is 4.57. The number of hydrogen-bond donors (Lipinski definition) is 1. The van der Waals surface area contributed by atoms with Crippen LogP contribution >= 0.6 is 11.6 Å². The Labute approximate surface area is 126 Å². The van der Waals surface area contributed by atoms with Crippen molar-refractivity contribution >= 4 is 11.6 Å². The molecule has 0 aromatic heterocycles. The van der Waals surface area contributed by atoms with Crippen LogP contribution in [-0.4, -0.2) is 5.54 Å². The quantitative estimate of drug-likeness (QED) is 0.851. The van der Waals surface area contributed by atoms with Crippen LogP contribution in [0, 0.1) is 23.6 Å². The molecule has 112 valence electrons. The van der Waals surface area contributed by atoms with Crippen LogP contribution in [0.2, 0.25) is 5.02 Å². The molecule has 0 saturated heterocycles. The summed E-state index contributed by atoms with van der Waals surface area (Å²) in [7, 11) is 0. The molecule has 3 unspecified atom stereocenters. The molecule has 0 spiro atoms. The molecule has 1 aliphatic rings. The van der Waals surface area contributed by atoms with Crippen LogP contribution in [0.4, 0.5) is 4.39 Å². The molecule has 0 amide bonds. The fraction of sp³-hybridized carbons (Fsp3) is 0.647. The van der Waals surface area contributed by atoms with Crippen molar-refractivity contribution in [2.45, 2.75) is 52.0 Å². The van der Waals surface area contributed by atoms with Crippen molar-refractivity contribution in [3.63, 3.8) is 0 Å². The molecular weight excluding hydrogens is 273 g/mol. The van der Waals surface area contributed by atoms with Crippen molar-refractivity contribution in [3.05, 3.63) is 34.6 Å². The fourth-order valence-electron chi connectivity index (χ4n) is 3.89. The molecule has 0 heterocycles. The minimum atomic E-state index is -0.275. The third-order valence-corrected chi connectivity index (χ3v) is 5.14. The summed E-state index contributed by atoms with van der Waals surface area (Å²) in [5, 5.41) is 0.622. The maximum absolute atomic E-state index is 13.5. The summed E-state index contributed by atoms with van der Waals surface area (Å²) < 4.78 is 13.5. The Balaban J connectivity index is 2.28. The summed E-state index contributed by atoms with van der Waals surface area (Å²) in [6.07, 6.45) is 4.04. The van der Waals surface area contributed by atoms with Gasteiger partial charge in [-0.2, -0.15) is 0 Å². The fourth-order valence-corrected chi connectivity index (χ4v) is 4.07. The summed E-state index contributed by atoms with van der Waals surface area (Å²) in [6.45, 7) is 6.72. The van der Waals surface area contributed by atoms with Gasteiger partial charge >= 0.3 is 0 Å². The zero-order valence-corrected chi connectivity index (χ0v) is 13.4. The van der Waals surface area contributed by atoms with E-state index in [0.29, 0.717) is 29.2 Å². The second-order valence-corrected chi connectivity index (χ2v) is 7.29. The van der Waals surface area contributed by atoms with Crippen LogP contribution in [0.15, 0.2) is 18.2 Å². The molecule has 1 aromatic carbocycles. The molecule has 1 saturated carbocycles. The molecule has 1 aromatic rings. The molecule has 0 bridgehead atoms. The number of benzene rings is 1. The first-order valence-corrected chi connectivity index (χ1v) is 7.92. The average Bonchev–Trinajstić information content (AvgIpc) is 2.32. The number of hydrogen-bond acceptors (Lipinski definition) is 1. The number of nitrogens with two attached hydrogens (primary N) is 1. The Bertz CT molecular complexity index is 474. The smallest absolute Gasteiger partial charge is 0.123 e. The Hall–Kier alpha value is -0.600. The molecule has 3 heteroatoms. The first kappa shape index (κ1) is 15.8. The van der Waals surface area contributed by atoms with Crippen LogP contribution in [0.3, 0.4) is 0 Å². The first-order valence-electron chi connectivity index (χ1n) is 7.54. The van der Waals surface area contributed by atoms with E-state index in [-0.39, 0.29) is 11.4 Å². The zero-order valence-electron chi connectivity index (χ0n) is 12.6. The van der Waals surface area contributed by atoms with Crippen molar-refractivity contribution in [2.24, 2.45) is 23.5 Å². The van der Waals surface area contributed by atoms with Crippen LogP contribution in [0.25, 0.3) is 0 Å². The summed E-state index contributed by atoms with van der Waals surface area (Å²) in [4.78, 5) is 0. The van der Waals surface area contributed by atoms with Gasteiger partial charge in [0.2, 0.25) is 0 Å². The van der Waals surface area contributed by atoms with Crippen molar-refractivity contribution in [1.29, 1.82) is 0 Å². The highest BCUT2D eigenvalue weighted by Crippen LogP contribution is 2.42. The molecular formula is C17H25ClFN. The van der Waals surface area contributed by atoms with Gasteiger partial charge in [0.25, 0.3) is 0 Å². The van der Waals surface area contributed by atoms with Crippen molar-refractivity contribution in [1.82, 2.24) is 0 Å². The largest absolute Gasteiger partial charge is 0.325 e. The van der Waals surface area contributed by atoms with Gasteiger partial charge in [0, 0.05) is 10.6 Å². The lowest BCUT2D eigenvalue weighted by Crippen LogP contribution is -2.54. The van der Waals surface area contributed by atoms with Gasteiger partial charge in [-0.05, 0) is 60.8 Å². The third-order valence-electron chi connectivity index (χ3n) is 4.77. The van der Waals surface area contributed by atoms with Crippen LogP contribution in [0.5, 0.6) is 0 Å². The average molecular weight is 298 g/mol. The van der Waals surface area contributed by atoms with E-state index in [1.165, 1.54) is 18.6 Å². The lowest BCUT2D eigenvalue weighted by atomic mass is 9.63. The Kier molecular flexibility index (Phi) is 4.76. The van der Waals surface area contributed by atoms with Crippen molar-refractivity contribution in [3.8, 4) is 0 Å². The minimum absolute atomic E-state index is 0.238. The summed E-state index contributed by atoms with van der Waals surface area (Å²) in [5.74, 6) is 1.40. The Morgan fingerprint density at radius 2 is 2.10 bits per heavy atom. The van der Waals surface area contributed by atoms with E-state index in [4.69, 9.17) is 17.3 Å². The van der Waals surface area contributed by atoms with E-state index >= 15 is 0 Å². The highest BCUT2D eigenvalue weighted by Gasteiger charge is 2.41. The maximum Gasteiger partial charge on any atom is 0.123 e. The summed E-state index contributed by atoms with van der Waals surface area (Å²) >= 11 is 6.22. The standard InChI is InChI=1S/C17H25ClFN/c1-11(2)15-6-4-12(3)9-17(15,20)10-13-8-14(19)5-7-16(13)18/h5,7-8,11-12,15H,4,6,9-10,20H2,1-3H3. The minimum Gasteiger partial charge on any atom is -0.325 e. The van der Waals surface area contributed by atoms with Gasteiger partial charge in [0.1, 0.15) is 5.82 Å². The molecule has 0 aliphatic heterocycles. The predicted octanol–water partition coefficient (Wildman–Crippen LogP) is 4.81. The maximum atomic E-state index is 13.5. The lowest BCUT2D eigenvalue weighted by molar-refractivity contribution is 0.109. The van der Waals surface area contributed by atoms with E-state index in [0.717, 1.165) is 18.4 Å². The normalized spacial score (nSPS) is 30.8. The van der Waals surface area contributed by atoms with E-state index in [1.54, 1.807) is 6.07 Å². The van der Waals surface area contributed by atoms with Gasteiger partial charge in [-0.25, -0.2) is 4.39 Å². The van der Waals surface area contributed by atoms with Gasteiger partial charge in [-0.1, -0.05) is 38.8 Å². The Morgan fingerprint density at radius 1 is 1.40 bits per heavy atom. The highest BCUT2D eigenvalue weighted by atomic mass is 35.5. The molecule has 3 atom stereocenters. The number of rotatable bonds is 3. The molecule has 1 nitrogen and oxygen atoms in total.